The van der Waals surface area contributed by atoms with E-state index in [1.54, 1.807) is 6.21 Å². The largest absolute Gasteiger partial charge is 0.323 e. The molecule has 3 heteroatoms. The minimum Gasteiger partial charge on any atom is -0.323 e. The van der Waals surface area contributed by atoms with Gasteiger partial charge in [-0.15, -0.1) is 0 Å². The predicted molar refractivity (Wildman–Crippen MR) is 70.6 cm³/mol. The van der Waals surface area contributed by atoms with Gasteiger partial charge in [0.05, 0.1) is 0 Å². The maximum Gasteiger partial charge on any atom is 0.0269 e. The lowest BCUT2D eigenvalue weighted by Crippen LogP contribution is -1.89. The quantitative estimate of drug-likeness (QED) is 0.554. The van der Waals surface area contributed by atoms with Crippen LogP contribution in [-0.2, 0) is 0 Å². The molecule has 88 valence electrons. The molecule has 0 aliphatic carbocycles. The van der Waals surface area contributed by atoms with Gasteiger partial charge in [0, 0.05) is 12.9 Å². The molecule has 0 heterocycles. The van der Waals surface area contributed by atoms with Gasteiger partial charge in [0.15, 0.2) is 0 Å². The van der Waals surface area contributed by atoms with Crippen molar-refractivity contribution in [1.82, 2.24) is 5.32 Å². The molecule has 0 rings (SSSR count). The maximum atomic E-state index is 3.55. The highest BCUT2D eigenvalue weighted by molar-refractivity contribution is 5.57. The van der Waals surface area contributed by atoms with Crippen LogP contribution in [0.25, 0.3) is 0 Å². The van der Waals surface area contributed by atoms with Crippen molar-refractivity contribution in [3.05, 3.63) is 0 Å². The first-order valence-electron chi connectivity index (χ1n) is 5.39. The van der Waals surface area contributed by atoms with E-state index in [1.165, 1.54) is 0 Å². The van der Waals surface area contributed by atoms with Gasteiger partial charge in [0.2, 0.25) is 0 Å². The molecule has 14 heavy (non-hydrogen) atoms. The summed E-state index contributed by atoms with van der Waals surface area (Å²) in [6.45, 7) is 13.3. The second kappa shape index (κ2) is 55.9. The van der Waals surface area contributed by atoms with Crippen molar-refractivity contribution in [2.45, 2.75) is 47.5 Å². The minimum atomic E-state index is 0.999. The summed E-state index contributed by atoms with van der Waals surface area (Å²) in [6, 6.07) is 0. The van der Waals surface area contributed by atoms with Crippen molar-refractivity contribution >= 4 is 12.9 Å². The molecule has 0 aliphatic rings. The van der Waals surface area contributed by atoms with Crippen LogP contribution in [0.5, 0.6) is 0 Å². The Balaban J connectivity index is -0.0000000603. The summed E-state index contributed by atoms with van der Waals surface area (Å²) >= 11 is 0. The van der Waals surface area contributed by atoms with E-state index in [4.69, 9.17) is 0 Å². The first kappa shape index (κ1) is 23.3. The van der Waals surface area contributed by atoms with Crippen molar-refractivity contribution < 1.29 is 0 Å². The zero-order chi connectivity index (χ0) is 12.2. The highest BCUT2D eigenvalue weighted by Crippen LogP contribution is 1.79. The first-order valence-corrected chi connectivity index (χ1v) is 5.39. The van der Waals surface area contributed by atoms with Crippen LogP contribution in [0.4, 0.5) is 0 Å². The SMILES string of the molecule is C=N/N=C\CCC.CC.CC.CNC. The molecule has 0 aliphatic heterocycles. The maximum absolute atomic E-state index is 3.55. The van der Waals surface area contributed by atoms with Crippen LogP contribution in [0.3, 0.4) is 0 Å². The Morgan fingerprint density at radius 3 is 1.71 bits per heavy atom. The van der Waals surface area contributed by atoms with Gasteiger partial charge < -0.3 is 5.32 Å². The lowest BCUT2D eigenvalue weighted by Gasteiger charge is -1.76. The van der Waals surface area contributed by atoms with Crippen LogP contribution in [0.2, 0.25) is 0 Å². The van der Waals surface area contributed by atoms with Crippen molar-refractivity contribution in [3.8, 4) is 0 Å². The fraction of sp³-hybridized carbons (Fsp3) is 0.818. The Hall–Kier alpha value is -0.700. The zero-order valence-corrected chi connectivity index (χ0v) is 11.1. The third kappa shape index (κ3) is 110. The Morgan fingerprint density at radius 1 is 1.14 bits per heavy atom. The van der Waals surface area contributed by atoms with Gasteiger partial charge in [-0.2, -0.15) is 10.2 Å². The normalized spacial score (nSPS) is 7.07. The Morgan fingerprint density at radius 2 is 1.50 bits per heavy atom. The Labute approximate surface area is 90.7 Å². The molecule has 0 bridgehead atoms. The van der Waals surface area contributed by atoms with Gasteiger partial charge in [-0.05, 0) is 20.5 Å². The minimum absolute atomic E-state index is 0.999. The molecule has 0 aromatic rings. The molecule has 0 aromatic carbocycles. The highest BCUT2D eigenvalue weighted by atomic mass is 15.2. The lowest BCUT2D eigenvalue weighted by molar-refractivity contribution is 1.00. The van der Waals surface area contributed by atoms with Crippen LogP contribution < -0.4 is 5.32 Å². The van der Waals surface area contributed by atoms with E-state index in [2.05, 4.69) is 29.2 Å². The van der Waals surface area contributed by atoms with Gasteiger partial charge >= 0.3 is 0 Å². The van der Waals surface area contributed by atoms with Gasteiger partial charge in [-0.25, -0.2) is 0 Å². The summed E-state index contributed by atoms with van der Waals surface area (Å²) in [5.74, 6) is 0. The summed E-state index contributed by atoms with van der Waals surface area (Å²) in [5, 5.41) is 9.59. The number of rotatable bonds is 3. The third-order valence-electron chi connectivity index (χ3n) is 0.581. The number of nitrogens with zero attached hydrogens (tertiary/aromatic N) is 2. The molecular formula is C11H29N3. The molecule has 0 spiro atoms. The molecule has 0 aromatic heterocycles. The average molecular weight is 203 g/mol. The molecule has 0 fully saturated rings. The second-order valence-corrected chi connectivity index (χ2v) is 1.73. The Bertz CT molecular complexity index is 80.6. The summed E-state index contributed by atoms with van der Waals surface area (Å²) in [5.41, 5.74) is 0. The van der Waals surface area contributed by atoms with Crippen molar-refractivity contribution in [2.75, 3.05) is 14.1 Å². The number of nitrogens with one attached hydrogen (secondary N) is 1. The van der Waals surface area contributed by atoms with Crippen LogP contribution in [0.1, 0.15) is 47.5 Å². The van der Waals surface area contributed by atoms with Crippen LogP contribution in [0.15, 0.2) is 10.2 Å². The van der Waals surface area contributed by atoms with Crippen LogP contribution >= 0.6 is 0 Å². The summed E-state index contributed by atoms with van der Waals surface area (Å²) in [7, 11) is 3.75. The van der Waals surface area contributed by atoms with Gasteiger partial charge in [-0.1, -0.05) is 41.0 Å². The number of hydrogen-bond acceptors (Lipinski definition) is 3. The Kier molecular flexibility index (Phi) is 92.9. The van der Waals surface area contributed by atoms with E-state index in [1.807, 2.05) is 41.8 Å². The molecule has 0 saturated carbocycles. The standard InChI is InChI=1S/C5H10N2.C2H7N.2C2H6/c1-3-4-5-7-6-2;1-3-2;2*1-2/h5H,2-4H2,1H3;3H,1-2H3;2*1-2H3/b7-5-;;;. The van der Waals surface area contributed by atoms with E-state index in [-0.39, 0.29) is 0 Å². The number of hydrogen-bond donors (Lipinski definition) is 1. The zero-order valence-electron chi connectivity index (χ0n) is 11.1. The second-order valence-electron chi connectivity index (χ2n) is 1.73. The van der Waals surface area contributed by atoms with E-state index in [0.29, 0.717) is 0 Å². The van der Waals surface area contributed by atoms with E-state index >= 15 is 0 Å². The average Bonchev–Trinajstić information content (AvgIpc) is 2.26. The molecule has 1 N–H and O–H groups in total. The van der Waals surface area contributed by atoms with Gasteiger partial charge in [0.1, 0.15) is 0 Å². The van der Waals surface area contributed by atoms with Crippen LogP contribution in [-0.4, -0.2) is 27.0 Å². The van der Waals surface area contributed by atoms with Crippen molar-refractivity contribution in [3.63, 3.8) is 0 Å². The molecule has 0 atom stereocenters. The third-order valence-corrected chi connectivity index (χ3v) is 0.581. The molecule has 3 nitrogen and oxygen atoms in total. The molecule has 0 saturated heterocycles. The number of unbranched alkanes of at least 4 members (excludes halogenated alkanes) is 1. The van der Waals surface area contributed by atoms with Crippen molar-refractivity contribution in [2.24, 2.45) is 10.2 Å². The summed E-state index contributed by atoms with van der Waals surface area (Å²) < 4.78 is 0. The lowest BCUT2D eigenvalue weighted by atomic mass is 10.4. The summed E-state index contributed by atoms with van der Waals surface area (Å²) in [4.78, 5) is 0. The van der Waals surface area contributed by atoms with Gasteiger partial charge in [-0.3, -0.25) is 0 Å². The van der Waals surface area contributed by atoms with E-state index < -0.39 is 0 Å². The van der Waals surface area contributed by atoms with E-state index in [9.17, 15) is 0 Å². The fourth-order valence-corrected chi connectivity index (χ4v) is 0.245. The molecular weight excluding hydrogens is 174 g/mol. The van der Waals surface area contributed by atoms with Crippen molar-refractivity contribution in [1.29, 1.82) is 0 Å². The van der Waals surface area contributed by atoms with E-state index in [0.717, 1.165) is 12.8 Å². The molecule has 0 unspecified atom stereocenters. The highest BCUT2D eigenvalue weighted by Gasteiger charge is 1.68. The fourth-order valence-electron chi connectivity index (χ4n) is 0.245. The first-order chi connectivity index (χ1) is 6.83. The smallest absolute Gasteiger partial charge is 0.0269 e. The van der Waals surface area contributed by atoms with Crippen LogP contribution in [0, 0.1) is 0 Å². The summed E-state index contributed by atoms with van der Waals surface area (Å²) in [6.07, 6.45) is 3.88. The van der Waals surface area contributed by atoms with Gasteiger partial charge in [0.25, 0.3) is 0 Å². The molecule has 0 amide bonds. The monoisotopic (exact) mass is 203 g/mol. The molecule has 0 radical (unpaired) electrons. The predicted octanol–water partition coefficient (Wildman–Crippen LogP) is 3.36. The topological polar surface area (TPSA) is 36.8 Å².